The second-order valence-electron chi connectivity index (χ2n) is 6.50. The highest BCUT2D eigenvalue weighted by atomic mass is 32.1. The summed E-state index contributed by atoms with van der Waals surface area (Å²) >= 11 is 1.61. The molecule has 1 aromatic carbocycles. The normalized spacial score (nSPS) is 15.9. The molecule has 0 bridgehead atoms. The van der Waals surface area contributed by atoms with Crippen molar-refractivity contribution < 1.29 is 24.2 Å². The Bertz CT molecular complexity index is 755. The third-order valence-corrected chi connectivity index (χ3v) is 5.54. The van der Waals surface area contributed by atoms with Gasteiger partial charge < -0.3 is 19.9 Å². The van der Waals surface area contributed by atoms with Crippen molar-refractivity contribution in [3.05, 3.63) is 52.2 Å². The second-order valence-corrected chi connectivity index (χ2v) is 7.53. The van der Waals surface area contributed by atoms with Gasteiger partial charge in [0.15, 0.2) is 0 Å². The summed E-state index contributed by atoms with van der Waals surface area (Å²) in [4.78, 5) is 25.1. The summed E-state index contributed by atoms with van der Waals surface area (Å²) < 4.78 is 11.0. The van der Waals surface area contributed by atoms with Gasteiger partial charge in [0.2, 0.25) is 0 Å². The Balaban J connectivity index is 1.56. The molecule has 144 valence electrons. The first kappa shape index (κ1) is 19.4. The quantitative estimate of drug-likeness (QED) is 0.724. The molecule has 1 fully saturated rings. The molecule has 2 aromatic rings. The van der Waals surface area contributed by atoms with Gasteiger partial charge >= 0.3 is 5.97 Å². The predicted octanol–water partition coefficient (Wildman–Crippen LogP) is 3.18. The van der Waals surface area contributed by atoms with E-state index in [-0.39, 0.29) is 18.4 Å². The zero-order valence-corrected chi connectivity index (χ0v) is 15.7. The standard InChI is InChI=1S/C20H23NO5S/c22-19(21-12-18(20(23)24)14-6-8-25-9-7-14)15-3-1-4-16(11-15)26-13-17-5-2-10-27-17/h1-5,10-11,14,18H,6-9,12-13H2,(H,21,22)(H,23,24). The van der Waals surface area contributed by atoms with E-state index >= 15 is 0 Å². The first-order valence-electron chi connectivity index (χ1n) is 8.97. The average molecular weight is 389 g/mol. The Kier molecular flexibility index (Phi) is 6.84. The van der Waals surface area contributed by atoms with Gasteiger partial charge in [-0.15, -0.1) is 11.3 Å². The molecule has 1 unspecified atom stereocenters. The maximum absolute atomic E-state index is 12.5. The van der Waals surface area contributed by atoms with E-state index in [0.717, 1.165) is 4.88 Å². The Morgan fingerprint density at radius 3 is 2.78 bits per heavy atom. The van der Waals surface area contributed by atoms with Crippen LogP contribution in [0.25, 0.3) is 0 Å². The number of amides is 1. The average Bonchev–Trinajstić information content (AvgIpc) is 3.21. The number of nitrogens with one attached hydrogen (secondary N) is 1. The Morgan fingerprint density at radius 1 is 1.26 bits per heavy atom. The highest BCUT2D eigenvalue weighted by Crippen LogP contribution is 2.24. The third-order valence-electron chi connectivity index (χ3n) is 4.69. The van der Waals surface area contributed by atoms with Crippen LogP contribution in [0.2, 0.25) is 0 Å². The number of rotatable bonds is 8. The lowest BCUT2D eigenvalue weighted by molar-refractivity contribution is -0.144. The number of thiophene rings is 1. The molecule has 6 nitrogen and oxygen atoms in total. The monoisotopic (exact) mass is 389 g/mol. The van der Waals surface area contributed by atoms with Crippen molar-refractivity contribution in [1.82, 2.24) is 5.32 Å². The maximum atomic E-state index is 12.5. The van der Waals surface area contributed by atoms with Crippen molar-refractivity contribution in [2.75, 3.05) is 19.8 Å². The summed E-state index contributed by atoms with van der Waals surface area (Å²) in [7, 11) is 0. The van der Waals surface area contributed by atoms with Gasteiger partial charge in [-0.05, 0) is 48.4 Å². The van der Waals surface area contributed by atoms with Crippen LogP contribution in [0.3, 0.4) is 0 Å². The van der Waals surface area contributed by atoms with Crippen molar-refractivity contribution in [3.8, 4) is 5.75 Å². The lowest BCUT2D eigenvalue weighted by atomic mass is 9.86. The van der Waals surface area contributed by atoms with Gasteiger partial charge in [0.05, 0.1) is 5.92 Å². The minimum atomic E-state index is -0.879. The molecule has 27 heavy (non-hydrogen) atoms. The number of benzene rings is 1. The van der Waals surface area contributed by atoms with Crippen LogP contribution < -0.4 is 10.1 Å². The SMILES string of the molecule is O=C(NCC(C(=O)O)C1CCOCC1)c1cccc(OCc2cccs2)c1. The number of carboxylic acid groups (broad SMARTS) is 1. The van der Waals surface area contributed by atoms with Crippen molar-refractivity contribution in [3.63, 3.8) is 0 Å². The van der Waals surface area contributed by atoms with Gasteiger partial charge in [0, 0.05) is 30.2 Å². The number of carboxylic acids is 1. The van der Waals surface area contributed by atoms with Gasteiger partial charge in [-0.25, -0.2) is 0 Å². The molecule has 1 aliphatic rings. The fourth-order valence-electron chi connectivity index (χ4n) is 3.15. The molecular weight excluding hydrogens is 366 g/mol. The largest absolute Gasteiger partial charge is 0.488 e. The summed E-state index contributed by atoms with van der Waals surface area (Å²) in [5.41, 5.74) is 0.454. The topological polar surface area (TPSA) is 84.9 Å². The van der Waals surface area contributed by atoms with E-state index in [9.17, 15) is 14.7 Å². The lowest BCUT2D eigenvalue weighted by Gasteiger charge is -2.27. The molecule has 7 heteroatoms. The molecule has 1 amide bonds. The molecule has 1 aromatic heterocycles. The molecule has 1 atom stereocenters. The molecule has 1 aliphatic heterocycles. The van der Waals surface area contributed by atoms with Crippen LogP contribution in [0.1, 0.15) is 28.1 Å². The first-order chi connectivity index (χ1) is 13.1. The number of carbonyl (C=O) groups is 2. The zero-order valence-electron chi connectivity index (χ0n) is 14.9. The molecule has 0 saturated carbocycles. The summed E-state index contributed by atoms with van der Waals surface area (Å²) in [5.74, 6) is -1.14. The molecule has 1 saturated heterocycles. The second kappa shape index (κ2) is 9.53. The number of aliphatic carboxylic acids is 1. The molecule has 2 N–H and O–H groups in total. The molecule has 0 aliphatic carbocycles. The number of ether oxygens (including phenoxy) is 2. The van der Waals surface area contributed by atoms with Gasteiger partial charge in [-0.2, -0.15) is 0 Å². The van der Waals surface area contributed by atoms with Crippen LogP contribution in [0.5, 0.6) is 5.75 Å². The zero-order chi connectivity index (χ0) is 19.1. The number of carbonyl (C=O) groups excluding carboxylic acids is 1. The highest BCUT2D eigenvalue weighted by molar-refractivity contribution is 7.09. The smallest absolute Gasteiger partial charge is 0.308 e. The van der Waals surface area contributed by atoms with Crippen LogP contribution >= 0.6 is 11.3 Å². The van der Waals surface area contributed by atoms with Gasteiger partial charge in [0.1, 0.15) is 12.4 Å². The predicted molar refractivity (Wildman–Crippen MR) is 102 cm³/mol. The van der Waals surface area contributed by atoms with Gasteiger partial charge in [-0.3, -0.25) is 9.59 Å². The van der Waals surface area contributed by atoms with Crippen LogP contribution in [0.15, 0.2) is 41.8 Å². The Morgan fingerprint density at radius 2 is 2.07 bits per heavy atom. The van der Waals surface area contributed by atoms with Gasteiger partial charge in [0.25, 0.3) is 5.91 Å². The van der Waals surface area contributed by atoms with Crippen LogP contribution in [0, 0.1) is 11.8 Å². The molecule has 2 heterocycles. The summed E-state index contributed by atoms with van der Waals surface area (Å²) in [6.45, 7) is 1.71. The minimum absolute atomic E-state index is 0.0250. The van der Waals surface area contributed by atoms with Crippen LogP contribution in [-0.4, -0.2) is 36.7 Å². The van der Waals surface area contributed by atoms with E-state index in [2.05, 4.69) is 5.32 Å². The number of hydrogen-bond donors (Lipinski definition) is 2. The highest BCUT2D eigenvalue weighted by Gasteiger charge is 2.30. The maximum Gasteiger partial charge on any atom is 0.308 e. The van der Waals surface area contributed by atoms with E-state index in [4.69, 9.17) is 9.47 Å². The molecular formula is C20H23NO5S. The fourth-order valence-corrected chi connectivity index (χ4v) is 3.77. The summed E-state index contributed by atoms with van der Waals surface area (Å²) in [6, 6.07) is 10.9. The van der Waals surface area contributed by atoms with Crippen molar-refractivity contribution in [1.29, 1.82) is 0 Å². The Hall–Kier alpha value is -2.38. The van der Waals surface area contributed by atoms with Crippen molar-refractivity contribution >= 4 is 23.2 Å². The van der Waals surface area contributed by atoms with Crippen molar-refractivity contribution in [2.24, 2.45) is 11.8 Å². The fraction of sp³-hybridized carbons (Fsp3) is 0.400. The molecule has 0 spiro atoms. The molecule has 3 rings (SSSR count). The van der Waals surface area contributed by atoms with E-state index in [1.54, 1.807) is 35.6 Å². The third kappa shape index (κ3) is 5.55. The van der Waals surface area contributed by atoms with E-state index < -0.39 is 11.9 Å². The van der Waals surface area contributed by atoms with E-state index in [0.29, 0.717) is 44.0 Å². The summed E-state index contributed by atoms with van der Waals surface area (Å²) in [5, 5.41) is 14.2. The van der Waals surface area contributed by atoms with Gasteiger partial charge in [-0.1, -0.05) is 12.1 Å². The van der Waals surface area contributed by atoms with E-state index in [1.165, 1.54) is 0 Å². The van der Waals surface area contributed by atoms with Crippen molar-refractivity contribution in [2.45, 2.75) is 19.4 Å². The minimum Gasteiger partial charge on any atom is -0.488 e. The molecule has 0 radical (unpaired) electrons. The Labute approximate surface area is 162 Å². The summed E-state index contributed by atoms with van der Waals surface area (Å²) in [6.07, 6.45) is 1.41. The van der Waals surface area contributed by atoms with E-state index in [1.807, 2.05) is 17.5 Å². The first-order valence-corrected chi connectivity index (χ1v) is 9.85. The number of hydrogen-bond acceptors (Lipinski definition) is 5. The lowest BCUT2D eigenvalue weighted by Crippen LogP contribution is -2.39. The van der Waals surface area contributed by atoms with Crippen LogP contribution in [0.4, 0.5) is 0 Å². The van der Waals surface area contributed by atoms with Crippen LogP contribution in [-0.2, 0) is 16.1 Å².